The molecule has 2 aromatic rings. The lowest BCUT2D eigenvalue weighted by Gasteiger charge is -2.19. The number of aromatic nitrogens is 2. The van der Waals surface area contributed by atoms with Crippen LogP contribution in [0.25, 0.3) is 10.9 Å². The lowest BCUT2D eigenvalue weighted by atomic mass is 10.2. The molecule has 1 saturated heterocycles. The van der Waals surface area contributed by atoms with Crippen LogP contribution in [0.4, 0.5) is 11.8 Å². The molecule has 0 amide bonds. The van der Waals surface area contributed by atoms with E-state index in [1.54, 1.807) is 0 Å². The third kappa shape index (κ3) is 3.47. The molecular formula is C17H25N5. The van der Waals surface area contributed by atoms with Crippen LogP contribution in [0, 0.1) is 0 Å². The first-order valence-corrected chi connectivity index (χ1v) is 8.14. The van der Waals surface area contributed by atoms with Crippen LogP contribution in [0.15, 0.2) is 24.3 Å². The highest BCUT2D eigenvalue weighted by molar-refractivity contribution is 5.90. The first-order valence-electron chi connectivity index (χ1n) is 8.14. The maximum atomic E-state index is 4.79. The minimum atomic E-state index is 0.749. The lowest BCUT2D eigenvalue weighted by Crippen LogP contribution is -2.21. The molecule has 2 heterocycles. The molecule has 0 atom stereocenters. The van der Waals surface area contributed by atoms with Crippen LogP contribution in [0.1, 0.15) is 19.3 Å². The van der Waals surface area contributed by atoms with Gasteiger partial charge in [0.15, 0.2) is 0 Å². The highest BCUT2D eigenvalue weighted by atomic mass is 15.2. The first kappa shape index (κ1) is 15.0. The summed E-state index contributed by atoms with van der Waals surface area (Å²) in [5.41, 5.74) is 1.02. The van der Waals surface area contributed by atoms with Gasteiger partial charge in [-0.1, -0.05) is 12.1 Å². The summed E-state index contributed by atoms with van der Waals surface area (Å²) in [6.07, 6.45) is 3.59. The summed E-state index contributed by atoms with van der Waals surface area (Å²) in [6.45, 7) is 4.16. The Bertz CT molecular complexity index is 619. The molecule has 1 N–H and O–H groups in total. The largest absolute Gasteiger partial charge is 0.356 e. The minimum Gasteiger partial charge on any atom is -0.356 e. The van der Waals surface area contributed by atoms with Crippen molar-refractivity contribution >= 4 is 22.7 Å². The molecule has 0 bridgehead atoms. The van der Waals surface area contributed by atoms with Crippen molar-refractivity contribution in [2.45, 2.75) is 19.3 Å². The average molecular weight is 299 g/mol. The second kappa shape index (κ2) is 6.92. The van der Waals surface area contributed by atoms with Crippen molar-refractivity contribution in [1.29, 1.82) is 0 Å². The number of fused-ring (bicyclic) bond motifs is 1. The smallest absolute Gasteiger partial charge is 0.225 e. The number of para-hydroxylation sites is 1. The molecule has 3 rings (SSSR count). The van der Waals surface area contributed by atoms with E-state index in [-0.39, 0.29) is 0 Å². The fourth-order valence-corrected chi connectivity index (χ4v) is 2.90. The second-order valence-corrected chi connectivity index (χ2v) is 6.17. The molecule has 1 aliphatic heterocycles. The molecule has 118 valence electrons. The van der Waals surface area contributed by atoms with Gasteiger partial charge in [0.25, 0.3) is 0 Å². The van der Waals surface area contributed by atoms with Crippen molar-refractivity contribution in [3.05, 3.63) is 24.3 Å². The van der Waals surface area contributed by atoms with Gasteiger partial charge in [-0.3, -0.25) is 0 Å². The van der Waals surface area contributed by atoms with Crippen molar-refractivity contribution < 1.29 is 0 Å². The van der Waals surface area contributed by atoms with Crippen LogP contribution in [-0.4, -0.2) is 55.1 Å². The van der Waals surface area contributed by atoms with Gasteiger partial charge in [-0.2, -0.15) is 4.98 Å². The van der Waals surface area contributed by atoms with Gasteiger partial charge in [-0.25, -0.2) is 4.98 Å². The van der Waals surface area contributed by atoms with E-state index in [0.717, 1.165) is 55.3 Å². The molecule has 0 spiro atoms. The number of nitrogens with one attached hydrogen (secondary N) is 1. The summed E-state index contributed by atoms with van der Waals surface area (Å²) < 4.78 is 0. The summed E-state index contributed by atoms with van der Waals surface area (Å²) in [6, 6.07) is 8.30. The zero-order valence-electron chi connectivity index (χ0n) is 13.5. The predicted octanol–water partition coefficient (Wildman–Crippen LogP) is 2.59. The van der Waals surface area contributed by atoms with E-state index in [2.05, 4.69) is 52.4 Å². The monoisotopic (exact) mass is 299 g/mol. The summed E-state index contributed by atoms with van der Waals surface area (Å²) in [4.78, 5) is 14.0. The number of rotatable bonds is 6. The Balaban J connectivity index is 1.81. The molecule has 22 heavy (non-hydrogen) atoms. The molecule has 5 nitrogen and oxygen atoms in total. The predicted molar refractivity (Wildman–Crippen MR) is 92.6 cm³/mol. The molecule has 0 radical (unpaired) electrons. The van der Waals surface area contributed by atoms with E-state index in [9.17, 15) is 0 Å². The van der Waals surface area contributed by atoms with Crippen molar-refractivity contribution in [3.63, 3.8) is 0 Å². The van der Waals surface area contributed by atoms with Crippen molar-refractivity contribution in [1.82, 2.24) is 14.9 Å². The van der Waals surface area contributed by atoms with E-state index in [4.69, 9.17) is 4.98 Å². The fraction of sp³-hybridized carbons (Fsp3) is 0.529. The van der Waals surface area contributed by atoms with E-state index >= 15 is 0 Å². The first-order chi connectivity index (χ1) is 10.7. The number of benzene rings is 1. The zero-order valence-corrected chi connectivity index (χ0v) is 13.5. The van der Waals surface area contributed by atoms with Gasteiger partial charge in [0.1, 0.15) is 5.82 Å². The van der Waals surface area contributed by atoms with Crippen LogP contribution >= 0.6 is 0 Å². The van der Waals surface area contributed by atoms with Crippen LogP contribution in [0.5, 0.6) is 0 Å². The topological polar surface area (TPSA) is 44.3 Å². The summed E-state index contributed by atoms with van der Waals surface area (Å²) in [5.74, 6) is 1.83. The fourth-order valence-electron chi connectivity index (χ4n) is 2.90. The Morgan fingerprint density at radius 3 is 2.68 bits per heavy atom. The third-order valence-electron chi connectivity index (χ3n) is 4.05. The van der Waals surface area contributed by atoms with Gasteiger partial charge in [0.2, 0.25) is 5.95 Å². The van der Waals surface area contributed by atoms with Gasteiger partial charge in [-0.15, -0.1) is 0 Å². The highest BCUT2D eigenvalue weighted by Crippen LogP contribution is 2.27. The van der Waals surface area contributed by atoms with E-state index < -0.39 is 0 Å². The molecular weight excluding hydrogens is 274 g/mol. The zero-order chi connectivity index (χ0) is 15.4. The Morgan fingerprint density at radius 1 is 1.14 bits per heavy atom. The average Bonchev–Trinajstić information content (AvgIpc) is 3.05. The Hall–Kier alpha value is -1.88. The molecule has 5 heteroatoms. The molecule has 1 fully saturated rings. The number of nitrogens with zero attached hydrogens (tertiary/aromatic N) is 4. The van der Waals surface area contributed by atoms with Gasteiger partial charge in [0, 0.05) is 25.0 Å². The van der Waals surface area contributed by atoms with Gasteiger partial charge >= 0.3 is 0 Å². The SMILES string of the molecule is CN(C)CCCNc1nc(N2CCCC2)c2ccccc2n1. The molecule has 1 aromatic carbocycles. The molecule has 0 unspecified atom stereocenters. The maximum absolute atomic E-state index is 4.79. The molecule has 1 aromatic heterocycles. The van der Waals surface area contributed by atoms with Gasteiger partial charge in [-0.05, 0) is 52.0 Å². The third-order valence-corrected chi connectivity index (χ3v) is 4.05. The van der Waals surface area contributed by atoms with Crippen molar-refractivity contribution in [2.24, 2.45) is 0 Å². The number of hydrogen-bond donors (Lipinski definition) is 1. The molecule has 0 aliphatic carbocycles. The minimum absolute atomic E-state index is 0.749. The summed E-state index contributed by atoms with van der Waals surface area (Å²) >= 11 is 0. The van der Waals surface area contributed by atoms with Crippen LogP contribution < -0.4 is 10.2 Å². The van der Waals surface area contributed by atoms with Crippen molar-refractivity contribution in [3.8, 4) is 0 Å². The molecule has 1 aliphatic rings. The standard InChI is InChI=1S/C17H25N5/c1-21(2)11-7-10-18-17-19-15-9-4-3-8-14(15)16(20-17)22-12-5-6-13-22/h3-4,8-9H,5-7,10-13H2,1-2H3,(H,18,19,20). The summed E-state index contributed by atoms with van der Waals surface area (Å²) in [5, 5.41) is 4.54. The van der Waals surface area contributed by atoms with Crippen molar-refractivity contribution in [2.75, 3.05) is 50.5 Å². The highest BCUT2D eigenvalue weighted by Gasteiger charge is 2.17. The van der Waals surface area contributed by atoms with E-state index in [1.807, 2.05) is 6.07 Å². The van der Waals surface area contributed by atoms with E-state index in [1.165, 1.54) is 12.8 Å². The quantitative estimate of drug-likeness (QED) is 0.831. The lowest BCUT2D eigenvalue weighted by molar-refractivity contribution is 0.405. The van der Waals surface area contributed by atoms with Gasteiger partial charge in [0.05, 0.1) is 5.52 Å². The van der Waals surface area contributed by atoms with Crippen LogP contribution in [-0.2, 0) is 0 Å². The Kier molecular flexibility index (Phi) is 4.73. The van der Waals surface area contributed by atoms with Gasteiger partial charge < -0.3 is 15.1 Å². The normalized spacial score (nSPS) is 15.0. The number of anilines is 2. The van der Waals surface area contributed by atoms with E-state index in [0.29, 0.717) is 0 Å². The van der Waals surface area contributed by atoms with Crippen LogP contribution in [0.3, 0.4) is 0 Å². The second-order valence-electron chi connectivity index (χ2n) is 6.17. The Labute approximate surface area is 132 Å². The molecule has 0 saturated carbocycles. The Morgan fingerprint density at radius 2 is 1.91 bits per heavy atom. The maximum Gasteiger partial charge on any atom is 0.225 e. The van der Waals surface area contributed by atoms with Crippen LogP contribution in [0.2, 0.25) is 0 Å². The summed E-state index contributed by atoms with van der Waals surface area (Å²) in [7, 11) is 4.19. The number of hydrogen-bond acceptors (Lipinski definition) is 5.